The molecule has 18 heavy (non-hydrogen) atoms. The Kier molecular flexibility index (Phi) is 5.60. The fraction of sp³-hybridized carbons (Fsp3) is 0.636. The van der Waals surface area contributed by atoms with Crippen molar-refractivity contribution < 1.29 is 14.3 Å². The molecule has 102 valence electrons. The molecule has 0 saturated carbocycles. The average molecular weight is 256 g/mol. The molecule has 0 atom stereocenters. The number of anilines is 1. The van der Waals surface area contributed by atoms with Crippen molar-refractivity contribution in [1.82, 2.24) is 15.1 Å². The molecular formula is C11H20N4O3. The van der Waals surface area contributed by atoms with Gasteiger partial charge in [0, 0.05) is 33.0 Å². The van der Waals surface area contributed by atoms with Crippen LogP contribution in [0.3, 0.4) is 0 Å². The summed E-state index contributed by atoms with van der Waals surface area (Å²) in [7, 11) is 3.19. The quantitative estimate of drug-likeness (QED) is 0.718. The molecule has 7 heteroatoms. The first-order chi connectivity index (χ1) is 8.61. The van der Waals surface area contributed by atoms with Crippen LogP contribution in [0.4, 0.5) is 5.82 Å². The maximum Gasteiger partial charge on any atom is 0.259 e. The number of methoxy groups -OCH3 is 2. The molecule has 0 saturated heterocycles. The number of carbonyl (C=O) groups excluding carboxylic acids is 1. The van der Waals surface area contributed by atoms with E-state index in [0.717, 1.165) is 0 Å². The molecule has 0 fully saturated rings. The number of hydrogen-bond donors (Lipinski definition) is 2. The number of aromatic nitrogens is 2. The highest BCUT2D eigenvalue weighted by Crippen LogP contribution is 2.15. The molecule has 0 unspecified atom stereocenters. The molecule has 0 bridgehead atoms. The number of amides is 1. The van der Waals surface area contributed by atoms with Gasteiger partial charge in [0.1, 0.15) is 5.56 Å². The van der Waals surface area contributed by atoms with Gasteiger partial charge in [-0.1, -0.05) is 0 Å². The first kappa shape index (κ1) is 14.5. The minimum atomic E-state index is -0.159. The highest BCUT2D eigenvalue weighted by atomic mass is 16.5. The second-order valence-corrected chi connectivity index (χ2v) is 3.89. The molecule has 0 aromatic carbocycles. The van der Waals surface area contributed by atoms with Crippen molar-refractivity contribution in [2.75, 3.05) is 46.3 Å². The molecule has 1 aromatic heterocycles. The number of carbonyl (C=O) groups is 1. The van der Waals surface area contributed by atoms with Gasteiger partial charge in [0.05, 0.1) is 13.2 Å². The van der Waals surface area contributed by atoms with Gasteiger partial charge >= 0.3 is 0 Å². The molecule has 1 aromatic rings. The lowest BCUT2D eigenvalue weighted by molar-refractivity contribution is 0.0627. The smallest absolute Gasteiger partial charge is 0.259 e. The number of aromatic amines is 1. The van der Waals surface area contributed by atoms with E-state index in [2.05, 4.69) is 10.2 Å². The van der Waals surface area contributed by atoms with E-state index in [9.17, 15) is 4.79 Å². The Hall–Kier alpha value is -1.60. The Labute approximate surface area is 106 Å². The molecule has 0 aliphatic carbocycles. The highest BCUT2D eigenvalue weighted by molar-refractivity contribution is 5.99. The van der Waals surface area contributed by atoms with Gasteiger partial charge in [-0.15, -0.1) is 0 Å². The Morgan fingerprint density at radius 3 is 2.28 bits per heavy atom. The van der Waals surface area contributed by atoms with E-state index in [-0.39, 0.29) is 11.7 Å². The number of ether oxygens (including phenoxy) is 2. The van der Waals surface area contributed by atoms with E-state index >= 15 is 0 Å². The van der Waals surface area contributed by atoms with E-state index < -0.39 is 0 Å². The predicted molar refractivity (Wildman–Crippen MR) is 67.4 cm³/mol. The number of H-pyrrole nitrogens is 1. The van der Waals surface area contributed by atoms with Gasteiger partial charge in [0.15, 0.2) is 5.82 Å². The summed E-state index contributed by atoms with van der Waals surface area (Å²) in [6.45, 7) is 3.67. The number of nitrogens with two attached hydrogens (primary N) is 1. The summed E-state index contributed by atoms with van der Waals surface area (Å²) in [5, 5.41) is 6.52. The molecule has 0 aliphatic rings. The lowest BCUT2D eigenvalue weighted by Gasteiger charge is -2.22. The summed E-state index contributed by atoms with van der Waals surface area (Å²) >= 11 is 0. The number of nitrogens with one attached hydrogen (secondary N) is 1. The lowest BCUT2D eigenvalue weighted by atomic mass is 10.2. The summed E-state index contributed by atoms with van der Waals surface area (Å²) in [4.78, 5) is 14.0. The van der Waals surface area contributed by atoms with Gasteiger partial charge < -0.3 is 20.1 Å². The van der Waals surface area contributed by atoms with Crippen molar-refractivity contribution in [1.29, 1.82) is 0 Å². The zero-order valence-corrected chi connectivity index (χ0v) is 11.0. The van der Waals surface area contributed by atoms with Gasteiger partial charge in [-0.05, 0) is 6.92 Å². The predicted octanol–water partition coefficient (Wildman–Crippen LogP) is 0.0353. The third-order valence-electron chi connectivity index (χ3n) is 2.61. The van der Waals surface area contributed by atoms with Crippen LogP contribution in [-0.4, -0.2) is 61.5 Å². The number of nitrogen functional groups attached to an aromatic ring is 1. The van der Waals surface area contributed by atoms with Crippen LogP contribution in [0, 0.1) is 6.92 Å². The Morgan fingerprint density at radius 1 is 1.33 bits per heavy atom. The van der Waals surface area contributed by atoms with Crippen LogP contribution >= 0.6 is 0 Å². The largest absolute Gasteiger partial charge is 0.383 e. The highest BCUT2D eigenvalue weighted by Gasteiger charge is 2.21. The Morgan fingerprint density at radius 2 is 1.89 bits per heavy atom. The van der Waals surface area contributed by atoms with Crippen LogP contribution in [-0.2, 0) is 9.47 Å². The zero-order chi connectivity index (χ0) is 13.5. The maximum absolute atomic E-state index is 12.3. The molecule has 0 aliphatic heterocycles. The first-order valence-corrected chi connectivity index (χ1v) is 5.69. The van der Waals surface area contributed by atoms with Crippen molar-refractivity contribution in [3.8, 4) is 0 Å². The summed E-state index contributed by atoms with van der Waals surface area (Å²) in [6, 6.07) is 0. The summed E-state index contributed by atoms with van der Waals surface area (Å²) in [5.74, 6) is 0.0604. The van der Waals surface area contributed by atoms with E-state index in [1.54, 1.807) is 26.0 Å². The van der Waals surface area contributed by atoms with Crippen molar-refractivity contribution in [3.05, 3.63) is 11.3 Å². The number of rotatable bonds is 7. The van der Waals surface area contributed by atoms with Gasteiger partial charge in [-0.2, -0.15) is 5.10 Å². The molecule has 1 rings (SSSR count). The topological polar surface area (TPSA) is 93.5 Å². The van der Waals surface area contributed by atoms with E-state index in [4.69, 9.17) is 15.2 Å². The molecule has 1 amide bonds. The van der Waals surface area contributed by atoms with Crippen LogP contribution in [0.25, 0.3) is 0 Å². The molecule has 3 N–H and O–H groups in total. The monoisotopic (exact) mass is 256 g/mol. The number of nitrogens with zero attached hydrogens (tertiary/aromatic N) is 2. The zero-order valence-electron chi connectivity index (χ0n) is 11.0. The second-order valence-electron chi connectivity index (χ2n) is 3.89. The Bertz CT molecular complexity index is 364. The SMILES string of the molecule is COCCN(CCOC)C(=O)c1c(N)n[nH]c1C. The van der Waals surface area contributed by atoms with Gasteiger partial charge in [0.25, 0.3) is 5.91 Å². The molecule has 7 nitrogen and oxygen atoms in total. The van der Waals surface area contributed by atoms with Crippen LogP contribution in [0.1, 0.15) is 16.1 Å². The van der Waals surface area contributed by atoms with Crippen LogP contribution in [0.2, 0.25) is 0 Å². The molecule has 0 radical (unpaired) electrons. The summed E-state index contributed by atoms with van der Waals surface area (Å²) < 4.78 is 9.98. The molecule has 0 spiro atoms. The third-order valence-corrected chi connectivity index (χ3v) is 2.61. The van der Waals surface area contributed by atoms with Gasteiger partial charge in [-0.25, -0.2) is 0 Å². The maximum atomic E-state index is 12.3. The van der Waals surface area contributed by atoms with Gasteiger partial charge in [0.2, 0.25) is 0 Å². The number of aryl methyl sites for hydroxylation is 1. The molecule has 1 heterocycles. The van der Waals surface area contributed by atoms with Crippen molar-refractivity contribution >= 4 is 11.7 Å². The fourth-order valence-electron chi connectivity index (χ4n) is 1.59. The van der Waals surface area contributed by atoms with Crippen LogP contribution in [0.5, 0.6) is 0 Å². The van der Waals surface area contributed by atoms with Crippen LogP contribution < -0.4 is 5.73 Å². The fourth-order valence-corrected chi connectivity index (χ4v) is 1.59. The second kappa shape index (κ2) is 6.97. The van der Waals surface area contributed by atoms with E-state index in [1.165, 1.54) is 0 Å². The standard InChI is InChI=1S/C11H20N4O3/c1-8-9(10(12)14-13-8)11(16)15(4-6-17-2)5-7-18-3/h4-7H2,1-3H3,(H3,12,13,14). The van der Waals surface area contributed by atoms with Crippen LogP contribution in [0.15, 0.2) is 0 Å². The summed E-state index contributed by atoms with van der Waals surface area (Å²) in [6.07, 6.45) is 0. The Balaban J connectivity index is 2.80. The van der Waals surface area contributed by atoms with Crippen molar-refractivity contribution in [3.63, 3.8) is 0 Å². The minimum absolute atomic E-state index is 0.159. The third kappa shape index (κ3) is 3.44. The van der Waals surface area contributed by atoms with E-state index in [0.29, 0.717) is 37.6 Å². The van der Waals surface area contributed by atoms with Crippen molar-refractivity contribution in [2.24, 2.45) is 0 Å². The van der Waals surface area contributed by atoms with Crippen molar-refractivity contribution in [2.45, 2.75) is 6.92 Å². The molecular weight excluding hydrogens is 236 g/mol. The number of hydrogen-bond acceptors (Lipinski definition) is 5. The van der Waals surface area contributed by atoms with Gasteiger partial charge in [-0.3, -0.25) is 9.89 Å². The average Bonchev–Trinajstić information content (AvgIpc) is 2.68. The summed E-state index contributed by atoms with van der Waals surface area (Å²) in [5.41, 5.74) is 6.77. The van der Waals surface area contributed by atoms with E-state index in [1.807, 2.05) is 0 Å². The minimum Gasteiger partial charge on any atom is -0.383 e. The first-order valence-electron chi connectivity index (χ1n) is 5.69. The lowest BCUT2D eigenvalue weighted by Crippen LogP contribution is -2.37. The normalized spacial score (nSPS) is 10.6.